The van der Waals surface area contributed by atoms with Crippen molar-refractivity contribution in [3.8, 4) is 0 Å². The Morgan fingerprint density at radius 2 is 2.00 bits per heavy atom. The molecule has 3 nitrogen and oxygen atoms in total. The van der Waals surface area contributed by atoms with E-state index in [1.165, 1.54) is 15.3 Å². The van der Waals surface area contributed by atoms with Crippen molar-refractivity contribution in [3.05, 3.63) is 57.8 Å². The third-order valence-electron chi connectivity index (χ3n) is 3.23. The molecule has 0 aliphatic carbocycles. The maximum Gasteiger partial charge on any atom is 0.275 e. The molecule has 4 heteroatoms. The van der Waals surface area contributed by atoms with Crippen LogP contribution in [0, 0.1) is 6.92 Å². The van der Waals surface area contributed by atoms with E-state index in [1.807, 2.05) is 30.3 Å². The SMILES string of the molecule is Cc1ccsc1C[NH+](C)CC(=O)NCc1ccccc1. The zero-order valence-corrected chi connectivity index (χ0v) is 12.8. The lowest BCUT2D eigenvalue weighted by Crippen LogP contribution is -3.08. The van der Waals surface area contributed by atoms with Crippen LogP contribution in [0.4, 0.5) is 0 Å². The second kappa shape index (κ2) is 7.22. The number of carbonyl (C=O) groups is 1. The van der Waals surface area contributed by atoms with Crippen LogP contribution in [0.1, 0.15) is 16.0 Å². The minimum absolute atomic E-state index is 0.0977. The predicted octanol–water partition coefficient (Wildman–Crippen LogP) is 1.39. The van der Waals surface area contributed by atoms with Crippen LogP contribution < -0.4 is 10.2 Å². The lowest BCUT2D eigenvalue weighted by atomic mass is 10.2. The molecule has 1 amide bonds. The van der Waals surface area contributed by atoms with E-state index in [0.29, 0.717) is 13.1 Å². The van der Waals surface area contributed by atoms with Gasteiger partial charge in [0.2, 0.25) is 0 Å². The summed E-state index contributed by atoms with van der Waals surface area (Å²) in [5.74, 6) is 0.0977. The normalized spacial score (nSPS) is 12.1. The molecule has 0 aliphatic rings. The largest absolute Gasteiger partial charge is 0.347 e. The number of hydrogen-bond donors (Lipinski definition) is 2. The molecule has 2 N–H and O–H groups in total. The minimum atomic E-state index is 0.0977. The third-order valence-corrected chi connectivity index (χ3v) is 4.25. The highest BCUT2D eigenvalue weighted by Gasteiger charge is 2.12. The number of thiophene rings is 1. The molecule has 0 radical (unpaired) electrons. The highest BCUT2D eigenvalue weighted by Crippen LogP contribution is 2.13. The average Bonchev–Trinajstić information content (AvgIpc) is 2.83. The Bertz CT molecular complexity index is 551. The molecule has 2 rings (SSSR count). The molecule has 2 aromatic rings. The summed E-state index contributed by atoms with van der Waals surface area (Å²) in [7, 11) is 2.06. The van der Waals surface area contributed by atoms with Gasteiger partial charge in [0.1, 0.15) is 6.54 Å². The van der Waals surface area contributed by atoms with Crippen LogP contribution in [-0.2, 0) is 17.9 Å². The Balaban J connectivity index is 1.75. The summed E-state index contributed by atoms with van der Waals surface area (Å²) >= 11 is 1.76. The van der Waals surface area contributed by atoms with Crippen LogP contribution in [0.5, 0.6) is 0 Å². The quantitative estimate of drug-likeness (QED) is 0.828. The highest BCUT2D eigenvalue weighted by atomic mass is 32.1. The number of nitrogens with one attached hydrogen (secondary N) is 2. The zero-order valence-electron chi connectivity index (χ0n) is 12.0. The topological polar surface area (TPSA) is 33.5 Å². The third kappa shape index (κ3) is 4.47. The van der Waals surface area contributed by atoms with Gasteiger partial charge in [0.25, 0.3) is 5.91 Å². The van der Waals surface area contributed by atoms with Crippen molar-refractivity contribution in [1.29, 1.82) is 0 Å². The number of likely N-dealkylation sites (N-methyl/N-ethyl adjacent to an activating group) is 1. The Morgan fingerprint density at radius 3 is 2.65 bits per heavy atom. The molecule has 1 aromatic carbocycles. The summed E-state index contributed by atoms with van der Waals surface area (Å²) in [5, 5.41) is 5.07. The van der Waals surface area contributed by atoms with Crippen LogP contribution >= 0.6 is 11.3 Å². The Kier molecular flexibility index (Phi) is 5.32. The number of hydrogen-bond acceptors (Lipinski definition) is 2. The van der Waals surface area contributed by atoms with Gasteiger partial charge in [0.05, 0.1) is 11.9 Å². The van der Waals surface area contributed by atoms with Crippen LogP contribution in [0.3, 0.4) is 0 Å². The molecule has 0 aliphatic heterocycles. The maximum absolute atomic E-state index is 11.9. The number of quaternary nitrogens is 1. The van der Waals surface area contributed by atoms with Crippen molar-refractivity contribution in [2.24, 2.45) is 0 Å². The van der Waals surface area contributed by atoms with Crippen molar-refractivity contribution >= 4 is 17.2 Å². The number of carbonyl (C=O) groups excluding carboxylic acids is 1. The van der Waals surface area contributed by atoms with Crippen molar-refractivity contribution in [2.75, 3.05) is 13.6 Å². The van der Waals surface area contributed by atoms with Gasteiger partial charge >= 0.3 is 0 Å². The molecule has 0 saturated heterocycles. The van der Waals surface area contributed by atoms with Crippen LogP contribution in [-0.4, -0.2) is 19.5 Å². The Labute approximate surface area is 124 Å². The van der Waals surface area contributed by atoms with Crippen molar-refractivity contribution in [3.63, 3.8) is 0 Å². The summed E-state index contributed by atoms with van der Waals surface area (Å²) in [6.45, 7) is 4.13. The number of benzene rings is 1. The molecule has 1 unspecified atom stereocenters. The summed E-state index contributed by atoms with van der Waals surface area (Å²) in [5.41, 5.74) is 2.45. The first-order valence-electron chi connectivity index (χ1n) is 6.80. The minimum Gasteiger partial charge on any atom is -0.347 e. The molecular weight excluding hydrogens is 268 g/mol. The molecule has 106 valence electrons. The second-order valence-electron chi connectivity index (χ2n) is 5.10. The van der Waals surface area contributed by atoms with Gasteiger partial charge in [-0.05, 0) is 29.5 Å². The summed E-state index contributed by atoms with van der Waals surface area (Å²) in [6, 6.07) is 12.1. The predicted molar refractivity (Wildman–Crippen MR) is 82.8 cm³/mol. The van der Waals surface area contributed by atoms with Crippen LogP contribution in [0.15, 0.2) is 41.8 Å². The summed E-state index contributed by atoms with van der Waals surface area (Å²) < 4.78 is 0. The molecule has 0 fully saturated rings. The number of rotatable bonds is 6. The average molecular weight is 289 g/mol. The van der Waals surface area contributed by atoms with E-state index in [9.17, 15) is 4.79 Å². The van der Waals surface area contributed by atoms with Gasteiger partial charge in [-0.25, -0.2) is 0 Å². The van der Waals surface area contributed by atoms with Gasteiger partial charge in [0, 0.05) is 6.54 Å². The van der Waals surface area contributed by atoms with E-state index < -0.39 is 0 Å². The molecule has 1 heterocycles. The van der Waals surface area contributed by atoms with Crippen molar-refractivity contribution < 1.29 is 9.69 Å². The maximum atomic E-state index is 11.9. The van der Waals surface area contributed by atoms with Crippen molar-refractivity contribution in [1.82, 2.24) is 5.32 Å². The monoisotopic (exact) mass is 289 g/mol. The molecule has 0 spiro atoms. The van der Waals surface area contributed by atoms with Gasteiger partial charge in [-0.15, -0.1) is 11.3 Å². The molecule has 1 aromatic heterocycles. The van der Waals surface area contributed by atoms with Gasteiger partial charge < -0.3 is 10.2 Å². The molecule has 0 saturated carbocycles. The molecule has 20 heavy (non-hydrogen) atoms. The second-order valence-corrected chi connectivity index (χ2v) is 6.10. The number of amides is 1. The van der Waals surface area contributed by atoms with E-state index in [2.05, 4.69) is 30.7 Å². The first kappa shape index (κ1) is 14.8. The lowest BCUT2D eigenvalue weighted by molar-refractivity contribution is -0.885. The smallest absolute Gasteiger partial charge is 0.275 e. The van der Waals surface area contributed by atoms with Gasteiger partial charge in [-0.2, -0.15) is 0 Å². The van der Waals surface area contributed by atoms with E-state index in [-0.39, 0.29) is 5.91 Å². The first-order valence-corrected chi connectivity index (χ1v) is 7.68. The molecule has 1 atom stereocenters. The van der Waals surface area contributed by atoms with E-state index in [0.717, 1.165) is 12.1 Å². The highest BCUT2D eigenvalue weighted by molar-refractivity contribution is 7.10. The fraction of sp³-hybridized carbons (Fsp3) is 0.312. The zero-order chi connectivity index (χ0) is 14.4. The van der Waals surface area contributed by atoms with Gasteiger partial charge in [-0.3, -0.25) is 4.79 Å². The first-order chi connectivity index (χ1) is 9.65. The number of aryl methyl sites for hydroxylation is 1. The summed E-state index contributed by atoms with van der Waals surface area (Å²) in [4.78, 5) is 14.5. The standard InChI is InChI=1S/C16H20N2OS/c1-13-8-9-20-15(13)11-18(2)12-16(19)17-10-14-6-4-3-5-7-14/h3-9H,10-12H2,1-2H3,(H,17,19)/p+1. The van der Waals surface area contributed by atoms with E-state index >= 15 is 0 Å². The lowest BCUT2D eigenvalue weighted by Gasteiger charge is -2.13. The van der Waals surface area contributed by atoms with Crippen LogP contribution in [0.2, 0.25) is 0 Å². The Morgan fingerprint density at radius 1 is 1.25 bits per heavy atom. The Hall–Kier alpha value is -1.65. The van der Waals surface area contributed by atoms with Crippen LogP contribution in [0.25, 0.3) is 0 Å². The van der Waals surface area contributed by atoms with Crippen molar-refractivity contribution in [2.45, 2.75) is 20.0 Å². The van der Waals surface area contributed by atoms with E-state index in [4.69, 9.17) is 0 Å². The molecular formula is C16H21N2OS+. The van der Waals surface area contributed by atoms with Gasteiger partial charge in [0.15, 0.2) is 6.54 Å². The van der Waals surface area contributed by atoms with E-state index in [1.54, 1.807) is 11.3 Å². The summed E-state index contributed by atoms with van der Waals surface area (Å²) in [6.07, 6.45) is 0. The fourth-order valence-corrected chi connectivity index (χ4v) is 3.07. The van der Waals surface area contributed by atoms with Gasteiger partial charge in [-0.1, -0.05) is 30.3 Å². The fourth-order valence-electron chi connectivity index (χ4n) is 2.05. The molecule has 0 bridgehead atoms.